The summed E-state index contributed by atoms with van der Waals surface area (Å²) in [7, 11) is -3.10. The van der Waals surface area contributed by atoms with Gasteiger partial charge in [-0.15, -0.1) is 11.3 Å². The molecule has 0 saturated heterocycles. The van der Waals surface area contributed by atoms with Crippen molar-refractivity contribution in [2.75, 3.05) is 5.75 Å². The molecule has 0 aliphatic carbocycles. The maximum absolute atomic E-state index is 12.1. The second-order valence-electron chi connectivity index (χ2n) is 4.92. The molecular formula is C14H16N2O2S2. The zero-order chi connectivity index (χ0) is 14.2. The van der Waals surface area contributed by atoms with Crippen molar-refractivity contribution in [2.24, 2.45) is 0 Å². The lowest BCUT2D eigenvalue weighted by atomic mass is 10.0. The first kappa shape index (κ1) is 13.7. The predicted molar refractivity (Wildman–Crippen MR) is 79.5 cm³/mol. The van der Waals surface area contributed by atoms with Gasteiger partial charge in [-0.25, -0.2) is 13.4 Å². The van der Waals surface area contributed by atoms with Gasteiger partial charge in [0.1, 0.15) is 0 Å². The van der Waals surface area contributed by atoms with Gasteiger partial charge in [-0.2, -0.15) is 0 Å². The number of aromatic nitrogens is 1. The molecule has 1 aliphatic heterocycles. The minimum Gasteiger partial charge on any atom is -0.305 e. The molecule has 0 bridgehead atoms. The fraction of sp³-hybridized carbons (Fsp3) is 0.357. The SMILES string of the molecule is Cc1ncc(CNC2CCS(=O)(=O)c3ccccc32)s1. The average Bonchev–Trinajstić information content (AvgIpc) is 2.84. The van der Waals surface area contributed by atoms with Crippen LogP contribution in [0.15, 0.2) is 35.4 Å². The third-order valence-electron chi connectivity index (χ3n) is 3.50. The predicted octanol–water partition coefficient (Wildman–Crippen LogP) is 2.46. The van der Waals surface area contributed by atoms with Crippen LogP contribution < -0.4 is 5.32 Å². The molecule has 6 heteroatoms. The van der Waals surface area contributed by atoms with Crippen LogP contribution in [0.5, 0.6) is 0 Å². The third-order valence-corrected chi connectivity index (χ3v) is 6.22. The van der Waals surface area contributed by atoms with Gasteiger partial charge in [-0.1, -0.05) is 18.2 Å². The lowest BCUT2D eigenvalue weighted by Gasteiger charge is -2.26. The minimum absolute atomic E-state index is 0.0946. The Morgan fingerprint density at radius 3 is 2.95 bits per heavy atom. The molecule has 0 radical (unpaired) electrons. The van der Waals surface area contributed by atoms with Gasteiger partial charge in [0.05, 0.1) is 15.7 Å². The van der Waals surface area contributed by atoms with E-state index >= 15 is 0 Å². The summed E-state index contributed by atoms with van der Waals surface area (Å²) in [6.45, 7) is 2.71. The maximum atomic E-state index is 12.1. The number of aryl methyl sites for hydroxylation is 1. The van der Waals surface area contributed by atoms with Crippen molar-refractivity contribution in [3.8, 4) is 0 Å². The van der Waals surface area contributed by atoms with E-state index in [1.807, 2.05) is 25.3 Å². The Labute approximate surface area is 122 Å². The summed E-state index contributed by atoms with van der Waals surface area (Å²) in [4.78, 5) is 5.88. The molecule has 0 fully saturated rings. The van der Waals surface area contributed by atoms with Crippen LogP contribution in [-0.2, 0) is 16.4 Å². The van der Waals surface area contributed by atoms with E-state index < -0.39 is 9.84 Å². The van der Waals surface area contributed by atoms with Crippen LogP contribution in [0.3, 0.4) is 0 Å². The summed E-state index contributed by atoms with van der Waals surface area (Å²) >= 11 is 1.67. The van der Waals surface area contributed by atoms with Crippen molar-refractivity contribution in [3.05, 3.63) is 45.9 Å². The van der Waals surface area contributed by atoms with Gasteiger partial charge >= 0.3 is 0 Å². The number of benzene rings is 1. The molecule has 1 aliphatic rings. The Balaban J connectivity index is 1.82. The van der Waals surface area contributed by atoms with Crippen molar-refractivity contribution >= 4 is 21.2 Å². The van der Waals surface area contributed by atoms with E-state index in [2.05, 4.69) is 10.3 Å². The van der Waals surface area contributed by atoms with E-state index in [-0.39, 0.29) is 11.8 Å². The van der Waals surface area contributed by atoms with Gasteiger partial charge in [-0.3, -0.25) is 0 Å². The largest absolute Gasteiger partial charge is 0.305 e. The Morgan fingerprint density at radius 1 is 1.40 bits per heavy atom. The highest BCUT2D eigenvalue weighted by molar-refractivity contribution is 7.91. The summed E-state index contributed by atoms with van der Waals surface area (Å²) in [5, 5.41) is 4.50. The summed E-state index contributed by atoms with van der Waals surface area (Å²) in [5.74, 6) is 0.212. The smallest absolute Gasteiger partial charge is 0.178 e. The van der Waals surface area contributed by atoms with Crippen LogP contribution in [-0.4, -0.2) is 19.2 Å². The molecule has 1 aromatic carbocycles. The van der Waals surface area contributed by atoms with Crippen LogP contribution in [0.1, 0.15) is 27.9 Å². The highest BCUT2D eigenvalue weighted by Gasteiger charge is 2.29. The summed E-state index contributed by atoms with van der Waals surface area (Å²) in [6, 6.07) is 7.38. The van der Waals surface area contributed by atoms with Crippen molar-refractivity contribution in [3.63, 3.8) is 0 Å². The van der Waals surface area contributed by atoms with Gasteiger partial charge in [0.15, 0.2) is 9.84 Å². The minimum atomic E-state index is -3.10. The van der Waals surface area contributed by atoms with E-state index in [0.717, 1.165) is 17.1 Å². The zero-order valence-electron chi connectivity index (χ0n) is 11.2. The Hall–Kier alpha value is -1.24. The van der Waals surface area contributed by atoms with Crippen molar-refractivity contribution in [2.45, 2.75) is 30.8 Å². The molecule has 1 N–H and O–H groups in total. The first-order valence-corrected chi connectivity index (χ1v) is 8.99. The van der Waals surface area contributed by atoms with Gasteiger partial charge in [0, 0.05) is 23.7 Å². The Bertz CT molecular complexity index is 722. The lowest BCUT2D eigenvalue weighted by Crippen LogP contribution is -2.29. The standard InChI is InChI=1S/C14H16N2O2S2/c1-10-15-8-11(19-10)9-16-13-6-7-20(17,18)14-5-3-2-4-12(13)14/h2-5,8,13,16H,6-7,9H2,1H3. The quantitative estimate of drug-likeness (QED) is 0.946. The monoisotopic (exact) mass is 308 g/mol. The molecule has 1 unspecified atom stereocenters. The van der Waals surface area contributed by atoms with Crippen molar-refractivity contribution in [1.82, 2.24) is 10.3 Å². The van der Waals surface area contributed by atoms with E-state index in [1.54, 1.807) is 23.5 Å². The molecular weight excluding hydrogens is 292 g/mol. The number of fused-ring (bicyclic) bond motifs is 1. The molecule has 1 aromatic heterocycles. The molecule has 4 nitrogen and oxygen atoms in total. The molecule has 3 rings (SSSR count). The van der Waals surface area contributed by atoms with E-state index in [9.17, 15) is 8.42 Å². The highest BCUT2D eigenvalue weighted by Crippen LogP contribution is 2.32. The van der Waals surface area contributed by atoms with Crippen LogP contribution in [0.25, 0.3) is 0 Å². The van der Waals surface area contributed by atoms with Crippen molar-refractivity contribution in [1.29, 1.82) is 0 Å². The molecule has 2 heterocycles. The number of thiazole rings is 1. The summed E-state index contributed by atoms with van der Waals surface area (Å²) in [5.41, 5.74) is 0.889. The fourth-order valence-corrected chi connectivity index (χ4v) is 4.88. The number of hydrogen-bond donors (Lipinski definition) is 1. The molecule has 106 valence electrons. The first-order valence-electron chi connectivity index (χ1n) is 6.52. The van der Waals surface area contributed by atoms with Crippen molar-refractivity contribution < 1.29 is 8.42 Å². The number of rotatable bonds is 3. The second kappa shape index (κ2) is 5.27. The lowest BCUT2D eigenvalue weighted by molar-refractivity contribution is 0.493. The topological polar surface area (TPSA) is 59.1 Å². The highest BCUT2D eigenvalue weighted by atomic mass is 32.2. The number of hydrogen-bond acceptors (Lipinski definition) is 5. The van der Waals surface area contributed by atoms with E-state index in [0.29, 0.717) is 11.3 Å². The maximum Gasteiger partial charge on any atom is 0.178 e. The van der Waals surface area contributed by atoms with Crippen LogP contribution in [0.4, 0.5) is 0 Å². The Kier molecular flexibility index (Phi) is 3.62. The molecule has 0 amide bonds. The van der Waals surface area contributed by atoms with Crippen LogP contribution in [0, 0.1) is 6.92 Å². The molecule has 20 heavy (non-hydrogen) atoms. The first-order chi connectivity index (χ1) is 9.56. The summed E-state index contributed by atoms with van der Waals surface area (Å²) < 4.78 is 24.1. The van der Waals surface area contributed by atoms with Crippen LogP contribution >= 0.6 is 11.3 Å². The van der Waals surface area contributed by atoms with E-state index in [4.69, 9.17) is 0 Å². The molecule has 1 atom stereocenters. The molecule has 0 spiro atoms. The number of sulfone groups is 1. The second-order valence-corrected chi connectivity index (χ2v) is 8.32. The fourth-order valence-electron chi connectivity index (χ4n) is 2.51. The third kappa shape index (κ3) is 2.63. The average molecular weight is 308 g/mol. The zero-order valence-corrected chi connectivity index (χ0v) is 12.8. The van der Waals surface area contributed by atoms with Gasteiger partial charge < -0.3 is 5.32 Å². The number of nitrogens with one attached hydrogen (secondary N) is 1. The summed E-state index contributed by atoms with van der Waals surface area (Å²) in [6.07, 6.45) is 2.50. The normalized spacial score (nSPS) is 20.6. The Morgan fingerprint density at radius 2 is 2.20 bits per heavy atom. The van der Waals surface area contributed by atoms with Gasteiger partial charge in [0.2, 0.25) is 0 Å². The molecule has 2 aromatic rings. The van der Waals surface area contributed by atoms with Gasteiger partial charge in [-0.05, 0) is 25.0 Å². The molecule has 0 saturated carbocycles. The number of nitrogens with zero attached hydrogens (tertiary/aromatic N) is 1. The van der Waals surface area contributed by atoms with Gasteiger partial charge in [0.25, 0.3) is 0 Å². The van der Waals surface area contributed by atoms with Crippen LogP contribution in [0.2, 0.25) is 0 Å². The van der Waals surface area contributed by atoms with E-state index in [1.165, 1.54) is 4.88 Å².